The van der Waals surface area contributed by atoms with Crippen molar-refractivity contribution in [3.05, 3.63) is 99.8 Å². The van der Waals surface area contributed by atoms with Gasteiger partial charge in [0.25, 0.3) is 5.56 Å². The number of aryl methyl sites for hydroxylation is 1. The minimum atomic E-state index is -0.361. The maximum Gasteiger partial charge on any atom is 0.337 e. The minimum absolute atomic E-state index is 0.0848. The van der Waals surface area contributed by atoms with Crippen LogP contribution in [0, 0.1) is 0 Å². The maximum absolute atomic E-state index is 13.3. The molecule has 0 saturated heterocycles. The molecule has 1 heterocycles. The number of esters is 1. The standard InChI is InChI=1S/C25H22N2O3S/c1-3-17-10-14-20(15-11-17)27-23(28)21-6-4-5-7-22(21)26-25(27)31-16-18-8-12-19(13-9-18)24(29)30-2/h4-15H,3,16H2,1-2H3. The molecule has 0 radical (unpaired) electrons. The van der Waals surface area contributed by atoms with Crippen molar-refractivity contribution in [3.8, 4) is 5.69 Å². The van der Waals surface area contributed by atoms with Crippen molar-refractivity contribution in [3.63, 3.8) is 0 Å². The van der Waals surface area contributed by atoms with Gasteiger partial charge >= 0.3 is 5.97 Å². The number of carbonyl (C=O) groups is 1. The van der Waals surface area contributed by atoms with Crippen LogP contribution in [0.25, 0.3) is 16.6 Å². The van der Waals surface area contributed by atoms with Gasteiger partial charge in [0.2, 0.25) is 0 Å². The number of nitrogens with zero attached hydrogens (tertiary/aromatic N) is 2. The third kappa shape index (κ3) is 4.39. The number of carbonyl (C=O) groups excluding carboxylic acids is 1. The highest BCUT2D eigenvalue weighted by atomic mass is 32.2. The molecule has 31 heavy (non-hydrogen) atoms. The fourth-order valence-electron chi connectivity index (χ4n) is 3.32. The van der Waals surface area contributed by atoms with Crippen LogP contribution >= 0.6 is 11.8 Å². The maximum atomic E-state index is 13.3. The molecule has 0 aliphatic carbocycles. The van der Waals surface area contributed by atoms with E-state index in [-0.39, 0.29) is 11.5 Å². The third-order valence-electron chi connectivity index (χ3n) is 5.09. The summed E-state index contributed by atoms with van der Waals surface area (Å²) in [6.07, 6.45) is 0.939. The molecule has 156 valence electrons. The zero-order valence-corrected chi connectivity index (χ0v) is 18.2. The fourth-order valence-corrected chi connectivity index (χ4v) is 4.29. The molecular formula is C25H22N2O3S. The predicted octanol–water partition coefficient (Wildman–Crippen LogP) is 5.03. The third-order valence-corrected chi connectivity index (χ3v) is 6.10. The number of hydrogen-bond donors (Lipinski definition) is 0. The highest BCUT2D eigenvalue weighted by Crippen LogP contribution is 2.25. The number of fused-ring (bicyclic) bond motifs is 1. The zero-order chi connectivity index (χ0) is 21.8. The van der Waals surface area contributed by atoms with Crippen LogP contribution in [-0.4, -0.2) is 22.6 Å². The van der Waals surface area contributed by atoms with Gasteiger partial charge in [0.05, 0.1) is 29.3 Å². The summed E-state index contributed by atoms with van der Waals surface area (Å²) < 4.78 is 6.42. The van der Waals surface area contributed by atoms with E-state index in [1.807, 2.05) is 60.7 Å². The van der Waals surface area contributed by atoms with Gasteiger partial charge in [-0.1, -0.05) is 55.1 Å². The summed E-state index contributed by atoms with van der Waals surface area (Å²) in [5.41, 5.74) is 4.13. The molecule has 0 unspecified atom stereocenters. The minimum Gasteiger partial charge on any atom is -0.465 e. The number of benzene rings is 3. The molecule has 6 heteroatoms. The molecule has 0 fully saturated rings. The number of hydrogen-bond acceptors (Lipinski definition) is 5. The van der Waals surface area contributed by atoms with E-state index < -0.39 is 0 Å². The summed E-state index contributed by atoms with van der Waals surface area (Å²) in [7, 11) is 1.36. The van der Waals surface area contributed by atoms with Gasteiger partial charge in [-0.15, -0.1) is 0 Å². The first-order valence-electron chi connectivity index (χ1n) is 10.0. The van der Waals surface area contributed by atoms with Crippen LogP contribution in [0.3, 0.4) is 0 Å². The second-order valence-electron chi connectivity index (χ2n) is 7.05. The zero-order valence-electron chi connectivity index (χ0n) is 17.4. The van der Waals surface area contributed by atoms with E-state index in [1.165, 1.54) is 24.4 Å². The summed E-state index contributed by atoms with van der Waals surface area (Å²) in [6.45, 7) is 2.10. The number of thioether (sulfide) groups is 1. The largest absolute Gasteiger partial charge is 0.465 e. The summed E-state index contributed by atoms with van der Waals surface area (Å²) in [4.78, 5) is 29.7. The lowest BCUT2D eigenvalue weighted by atomic mass is 10.1. The van der Waals surface area contributed by atoms with E-state index in [2.05, 4.69) is 6.92 Å². The van der Waals surface area contributed by atoms with Crippen LogP contribution in [0.5, 0.6) is 0 Å². The Bertz CT molecular complexity index is 1280. The van der Waals surface area contributed by atoms with Crippen molar-refractivity contribution in [1.29, 1.82) is 0 Å². The molecule has 0 saturated carbocycles. The monoisotopic (exact) mass is 430 g/mol. The molecule has 0 atom stereocenters. The van der Waals surface area contributed by atoms with E-state index >= 15 is 0 Å². The van der Waals surface area contributed by atoms with Gasteiger partial charge in [0, 0.05) is 5.75 Å². The normalized spacial score (nSPS) is 10.9. The quantitative estimate of drug-likeness (QED) is 0.244. The molecule has 0 bridgehead atoms. The molecule has 0 amide bonds. The Balaban J connectivity index is 1.71. The van der Waals surface area contributed by atoms with Crippen molar-refractivity contribution in [2.75, 3.05) is 7.11 Å². The average Bonchev–Trinajstić information content (AvgIpc) is 2.83. The number of rotatable bonds is 6. The van der Waals surface area contributed by atoms with Crippen molar-refractivity contribution >= 4 is 28.6 Å². The van der Waals surface area contributed by atoms with E-state index in [9.17, 15) is 9.59 Å². The average molecular weight is 431 g/mol. The van der Waals surface area contributed by atoms with E-state index in [1.54, 1.807) is 16.7 Å². The van der Waals surface area contributed by atoms with Crippen LogP contribution in [0.1, 0.15) is 28.4 Å². The van der Waals surface area contributed by atoms with Gasteiger partial charge in [0.1, 0.15) is 0 Å². The fraction of sp³-hybridized carbons (Fsp3) is 0.160. The second kappa shape index (κ2) is 9.18. The van der Waals surface area contributed by atoms with Gasteiger partial charge in [-0.05, 0) is 53.9 Å². The first-order valence-corrected chi connectivity index (χ1v) is 11.0. The highest BCUT2D eigenvalue weighted by Gasteiger charge is 2.14. The smallest absolute Gasteiger partial charge is 0.337 e. The topological polar surface area (TPSA) is 61.2 Å². The van der Waals surface area contributed by atoms with Crippen molar-refractivity contribution in [1.82, 2.24) is 9.55 Å². The molecule has 0 aliphatic heterocycles. The molecule has 3 aromatic carbocycles. The molecule has 0 N–H and O–H groups in total. The van der Waals surface area contributed by atoms with Crippen LogP contribution in [0.2, 0.25) is 0 Å². The molecular weight excluding hydrogens is 408 g/mol. The van der Waals surface area contributed by atoms with Crippen LogP contribution < -0.4 is 5.56 Å². The Morgan fingerprint density at radius 2 is 1.65 bits per heavy atom. The lowest BCUT2D eigenvalue weighted by Gasteiger charge is -2.14. The molecule has 0 aliphatic rings. The Morgan fingerprint density at radius 3 is 2.32 bits per heavy atom. The van der Waals surface area contributed by atoms with E-state index in [4.69, 9.17) is 9.72 Å². The Kier molecular flexibility index (Phi) is 6.18. The Morgan fingerprint density at radius 1 is 0.968 bits per heavy atom. The van der Waals surface area contributed by atoms with E-state index in [0.717, 1.165) is 17.7 Å². The van der Waals surface area contributed by atoms with E-state index in [0.29, 0.717) is 27.4 Å². The Hall–Kier alpha value is -3.38. The summed E-state index contributed by atoms with van der Waals surface area (Å²) in [6, 6.07) is 22.7. The van der Waals surface area contributed by atoms with Crippen LogP contribution in [0.4, 0.5) is 0 Å². The van der Waals surface area contributed by atoms with Gasteiger partial charge in [0.15, 0.2) is 5.16 Å². The number of methoxy groups -OCH3 is 1. The summed E-state index contributed by atoms with van der Waals surface area (Å²) in [5, 5.41) is 1.22. The summed E-state index contributed by atoms with van der Waals surface area (Å²) >= 11 is 1.49. The lowest BCUT2D eigenvalue weighted by molar-refractivity contribution is 0.0600. The molecule has 1 aromatic heterocycles. The molecule has 4 aromatic rings. The molecule has 0 spiro atoms. The van der Waals surface area contributed by atoms with Gasteiger partial charge in [-0.3, -0.25) is 9.36 Å². The highest BCUT2D eigenvalue weighted by molar-refractivity contribution is 7.98. The number of ether oxygens (including phenoxy) is 1. The predicted molar refractivity (Wildman–Crippen MR) is 124 cm³/mol. The van der Waals surface area contributed by atoms with Crippen molar-refractivity contribution in [2.45, 2.75) is 24.3 Å². The molecule has 5 nitrogen and oxygen atoms in total. The molecule has 4 rings (SSSR count). The van der Waals surface area contributed by atoms with Gasteiger partial charge in [-0.2, -0.15) is 0 Å². The second-order valence-corrected chi connectivity index (χ2v) is 7.99. The Labute approximate surface area is 184 Å². The SMILES string of the molecule is CCc1ccc(-n2c(SCc3ccc(C(=O)OC)cc3)nc3ccccc3c2=O)cc1. The first kappa shape index (κ1) is 20.9. The number of aromatic nitrogens is 2. The lowest BCUT2D eigenvalue weighted by Crippen LogP contribution is -2.21. The summed E-state index contributed by atoms with van der Waals surface area (Å²) in [5.74, 6) is 0.249. The van der Waals surface area contributed by atoms with Crippen molar-refractivity contribution < 1.29 is 9.53 Å². The van der Waals surface area contributed by atoms with Crippen molar-refractivity contribution in [2.24, 2.45) is 0 Å². The van der Waals surface area contributed by atoms with Gasteiger partial charge in [-0.25, -0.2) is 9.78 Å². The first-order chi connectivity index (χ1) is 15.1. The van der Waals surface area contributed by atoms with Crippen LogP contribution in [-0.2, 0) is 16.9 Å². The number of para-hydroxylation sites is 1. The van der Waals surface area contributed by atoms with Crippen LogP contribution in [0.15, 0.2) is 82.7 Å². The van der Waals surface area contributed by atoms with Gasteiger partial charge < -0.3 is 4.74 Å².